The zero-order valence-electron chi connectivity index (χ0n) is 12.8. The number of hydrogen-bond donors (Lipinski definition) is 1. The number of ether oxygens (including phenoxy) is 1. The first-order valence-corrected chi connectivity index (χ1v) is 7.65. The number of aryl methyl sites for hydroxylation is 2. The van der Waals surface area contributed by atoms with Crippen LogP contribution in [0.15, 0.2) is 28.9 Å². The standard InChI is InChI=1S/C15H16BrF2N3O2/c1-8-4-5-12(13(6-8)23-15(17)18)19-14(22)10(3)21-7-11(16)9(2)20-21/h4-7,10,15H,1-3H3,(H,19,22). The van der Waals surface area contributed by atoms with E-state index in [0.717, 1.165) is 15.7 Å². The monoisotopic (exact) mass is 387 g/mol. The van der Waals surface area contributed by atoms with Gasteiger partial charge in [-0.05, 0) is 54.4 Å². The van der Waals surface area contributed by atoms with E-state index in [4.69, 9.17) is 0 Å². The third kappa shape index (κ3) is 4.28. The normalized spacial score (nSPS) is 12.3. The summed E-state index contributed by atoms with van der Waals surface area (Å²) < 4.78 is 31.7. The van der Waals surface area contributed by atoms with E-state index in [0.29, 0.717) is 0 Å². The van der Waals surface area contributed by atoms with Gasteiger partial charge in [0.05, 0.1) is 15.9 Å². The lowest BCUT2D eigenvalue weighted by Crippen LogP contribution is -2.24. The summed E-state index contributed by atoms with van der Waals surface area (Å²) in [6, 6.07) is 4.07. The van der Waals surface area contributed by atoms with Gasteiger partial charge in [-0.3, -0.25) is 9.48 Å². The number of amides is 1. The lowest BCUT2D eigenvalue weighted by atomic mass is 10.2. The molecule has 1 unspecified atom stereocenters. The van der Waals surface area contributed by atoms with E-state index in [1.807, 2.05) is 0 Å². The van der Waals surface area contributed by atoms with Crippen molar-refractivity contribution in [2.24, 2.45) is 0 Å². The van der Waals surface area contributed by atoms with Gasteiger partial charge < -0.3 is 10.1 Å². The summed E-state index contributed by atoms with van der Waals surface area (Å²) in [6.07, 6.45) is 1.69. The van der Waals surface area contributed by atoms with Gasteiger partial charge in [0.25, 0.3) is 0 Å². The van der Waals surface area contributed by atoms with Crippen molar-refractivity contribution in [3.63, 3.8) is 0 Å². The lowest BCUT2D eigenvalue weighted by Gasteiger charge is -2.16. The fourth-order valence-electron chi connectivity index (χ4n) is 1.94. The van der Waals surface area contributed by atoms with Gasteiger partial charge in [0, 0.05) is 6.20 Å². The molecule has 1 aromatic carbocycles. The first-order chi connectivity index (χ1) is 10.8. The number of nitrogens with zero attached hydrogens (tertiary/aromatic N) is 2. The minimum absolute atomic E-state index is 0.0709. The Kier molecular flexibility index (Phi) is 5.35. The molecule has 0 spiro atoms. The second-order valence-electron chi connectivity index (χ2n) is 5.09. The Hall–Kier alpha value is -1.96. The second-order valence-corrected chi connectivity index (χ2v) is 5.94. The Morgan fingerprint density at radius 1 is 1.39 bits per heavy atom. The van der Waals surface area contributed by atoms with Crippen molar-refractivity contribution in [3.05, 3.63) is 40.1 Å². The number of carbonyl (C=O) groups is 1. The molecule has 2 rings (SSSR count). The van der Waals surface area contributed by atoms with Gasteiger partial charge in [-0.15, -0.1) is 0 Å². The molecule has 0 radical (unpaired) electrons. The van der Waals surface area contributed by atoms with Crippen molar-refractivity contribution in [3.8, 4) is 5.75 Å². The summed E-state index contributed by atoms with van der Waals surface area (Å²) in [5.41, 5.74) is 1.69. The molecule has 1 N–H and O–H groups in total. The number of alkyl halides is 2. The summed E-state index contributed by atoms with van der Waals surface area (Å²) >= 11 is 3.33. The highest BCUT2D eigenvalue weighted by atomic mass is 79.9. The molecule has 2 aromatic rings. The predicted octanol–water partition coefficient (Wildman–Crippen LogP) is 4.06. The number of benzene rings is 1. The average Bonchev–Trinajstić information content (AvgIpc) is 2.80. The summed E-state index contributed by atoms with van der Waals surface area (Å²) in [5, 5.41) is 6.81. The third-order valence-corrected chi connectivity index (χ3v) is 4.02. The number of carbonyl (C=O) groups excluding carboxylic acids is 1. The van der Waals surface area contributed by atoms with Crippen molar-refractivity contribution in [1.29, 1.82) is 0 Å². The van der Waals surface area contributed by atoms with E-state index in [1.54, 1.807) is 33.0 Å². The molecule has 0 saturated heterocycles. The first kappa shape index (κ1) is 17.4. The minimum atomic E-state index is -2.96. The molecule has 23 heavy (non-hydrogen) atoms. The molecule has 0 bridgehead atoms. The van der Waals surface area contributed by atoms with Crippen molar-refractivity contribution < 1.29 is 18.3 Å². The summed E-state index contributed by atoms with van der Waals surface area (Å²) in [7, 11) is 0. The predicted molar refractivity (Wildman–Crippen MR) is 85.8 cm³/mol. The van der Waals surface area contributed by atoms with E-state index in [1.165, 1.54) is 16.8 Å². The second kappa shape index (κ2) is 7.08. The van der Waals surface area contributed by atoms with Crippen LogP contribution in [-0.4, -0.2) is 22.3 Å². The fraction of sp³-hybridized carbons (Fsp3) is 0.333. The van der Waals surface area contributed by atoms with E-state index in [9.17, 15) is 13.6 Å². The highest BCUT2D eigenvalue weighted by molar-refractivity contribution is 9.10. The van der Waals surface area contributed by atoms with Gasteiger partial charge >= 0.3 is 6.61 Å². The number of halogens is 3. The third-order valence-electron chi connectivity index (χ3n) is 3.24. The van der Waals surface area contributed by atoms with Gasteiger partial charge in [-0.1, -0.05) is 6.07 Å². The minimum Gasteiger partial charge on any atom is -0.433 e. The maximum absolute atomic E-state index is 12.5. The van der Waals surface area contributed by atoms with E-state index >= 15 is 0 Å². The quantitative estimate of drug-likeness (QED) is 0.841. The van der Waals surface area contributed by atoms with Crippen molar-refractivity contribution in [1.82, 2.24) is 9.78 Å². The molecule has 0 fully saturated rings. The molecule has 0 aliphatic carbocycles. The zero-order valence-corrected chi connectivity index (χ0v) is 14.4. The topological polar surface area (TPSA) is 56.2 Å². The molecule has 1 aromatic heterocycles. The highest BCUT2D eigenvalue weighted by Gasteiger charge is 2.19. The van der Waals surface area contributed by atoms with Crippen LogP contribution < -0.4 is 10.1 Å². The maximum Gasteiger partial charge on any atom is 0.387 e. The fourth-order valence-corrected chi connectivity index (χ4v) is 2.23. The van der Waals surface area contributed by atoms with Crippen molar-refractivity contribution in [2.75, 3.05) is 5.32 Å². The van der Waals surface area contributed by atoms with Crippen LogP contribution in [0, 0.1) is 13.8 Å². The Morgan fingerprint density at radius 3 is 2.65 bits per heavy atom. The number of hydrogen-bond acceptors (Lipinski definition) is 3. The number of anilines is 1. The van der Waals surface area contributed by atoms with Crippen LogP contribution in [0.5, 0.6) is 5.75 Å². The van der Waals surface area contributed by atoms with Crippen LogP contribution in [0.1, 0.15) is 24.2 Å². The van der Waals surface area contributed by atoms with Crippen LogP contribution in [-0.2, 0) is 4.79 Å². The molecule has 5 nitrogen and oxygen atoms in total. The number of aromatic nitrogens is 2. The zero-order chi connectivity index (χ0) is 17.1. The van der Waals surface area contributed by atoms with Crippen LogP contribution in [0.25, 0.3) is 0 Å². The Balaban J connectivity index is 2.19. The number of nitrogens with one attached hydrogen (secondary N) is 1. The van der Waals surface area contributed by atoms with Crippen molar-refractivity contribution in [2.45, 2.75) is 33.4 Å². The molecule has 0 aliphatic heterocycles. The van der Waals surface area contributed by atoms with Crippen LogP contribution in [0.3, 0.4) is 0 Å². The smallest absolute Gasteiger partial charge is 0.387 e. The molecule has 1 heterocycles. The van der Waals surface area contributed by atoms with Crippen LogP contribution in [0.2, 0.25) is 0 Å². The van der Waals surface area contributed by atoms with Crippen LogP contribution in [0.4, 0.5) is 14.5 Å². The molecule has 1 amide bonds. The molecule has 0 aliphatic rings. The molecule has 124 valence electrons. The van der Waals surface area contributed by atoms with E-state index in [-0.39, 0.29) is 17.3 Å². The SMILES string of the molecule is Cc1ccc(NC(=O)C(C)n2cc(Br)c(C)n2)c(OC(F)F)c1. The summed E-state index contributed by atoms with van der Waals surface area (Å²) in [5.74, 6) is -0.457. The van der Waals surface area contributed by atoms with Gasteiger partial charge in [-0.2, -0.15) is 13.9 Å². The average molecular weight is 388 g/mol. The van der Waals surface area contributed by atoms with Gasteiger partial charge in [0.2, 0.25) is 5.91 Å². The summed E-state index contributed by atoms with van der Waals surface area (Å²) in [6.45, 7) is 2.25. The molecular formula is C15H16BrF2N3O2. The Morgan fingerprint density at radius 2 is 2.09 bits per heavy atom. The van der Waals surface area contributed by atoms with E-state index in [2.05, 4.69) is 31.1 Å². The van der Waals surface area contributed by atoms with Crippen LogP contribution >= 0.6 is 15.9 Å². The molecular weight excluding hydrogens is 372 g/mol. The molecule has 0 saturated carbocycles. The van der Waals surface area contributed by atoms with Gasteiger partial charge in [-0.25, -0.2) is 0 Å². The van der Waals surface area contributed by atoms with Crippen molar-refractivity contribution >= 4 is 27.5 Å². The molecule has 8 heteroatoms. The number of rotatable bonds is 5. The maximum atomic E-state index is 12.5. The highest BCUT2D eigenvalue weighted by Crippen LogP contribution is 2.28. The van der Waals surface area contributed by atoms with Gasteiger partial charge in [0.1, 0.15) is 11.8 Å². The van der Waals surface area contributed by atoms with Gasteiger partial charge in [0.15, 0.2) is 0 Å². The largest absolute Gasteiger partial charge is 0.433 e. The summed E-state index contributed by atoms with van der Waals surface area (Å²) in [4.78, 5) is 12.3. The Bertz CT molecular complexity index is 699. The first-order valence-electron chi connectivity index (χ1n) is 6.85. The molecule has 1 atom stereocenters. The van der Waals surface area contributed by atoms with E-state index < -0.39 is 12.7 Å². The Labute approximate surface area is 140 Å². The lowest BCUT2D eigenvalue weighted by molar-refractivity contribution is -0.119.